The van der Waals surface area contributed by atoms with Crippen molar-refractivity contribution in [1.82, 2.24) is 42.1 Å². The van der Waals surface area contributed by atoms with E-state index < -0.39 is 137 Å². The molecule has 8 atom stereocenters. The molecule has 11 amide bonds. The van der Waals surface area contributed by atoms with Gasteiger partial charge in [0.25, 0.3) is 0 Å². The molecule has 1 unspecified atom stereocenters. The van der Waals surface area contributed by atoms with Gasteiger partial charge in [-0.05, 0) is 75.1 Å². The zero-order valence-electron chi connectivity index (χ0n) is 42.3. The van der Waals surface area contributed by atoms with E-state index in [-0.39, 0.29) is 50.9 Å². The van der Waals surface area contributed by atoms with Crippen molar-refractivity contribution in [3.05, 3.63) is 29.8 Å². The second-order valence-corrected chi connectivity index (χ2v) is 21.9. The fraction of sp³-hybridized carbons (Fsp3) is 0.646. The Kier molecular flexibility index (Phi) is 24.2. The molecule has 2 saturated heterocycles. The minimum Gasteiger partial charge on any atom is -0.497 e. The Morgan fingerprint density at radius 3 is 2.11 bits per heavy atom. The van der Waals surface area contributed by atoms with Crippen molar-refractivity contribution in [1.29, 1.82) is 0 Å². The zero-order valence-corrected chi connectivity index (χ0v) is 44.0. The standard InChI is InChI=1S/C48H74N12O12S2/c1-4-27(2)40-46(70)56-31(16-17-36(50)61)42(66)57-33(23-37(51)62)43(67)58-34(47(71)60-21-9-11-35(60)45(69)55-30(10-8-20-49)41(65)53-25-38(52)63)26-73-74-48(18-6-5-7-19-48)24-39(64)54-32(44(68)59-40)22-28-12-14-29(72-3)15-13-28/h12-15,27,30-35,40H,4-11,16-26,49H2,1-3H3,(H2,50,61)(H2,51,62)(H2,52,63)(H,53,65)(H,54,64)(H,55,69)(H,56,70)(H,57,66)(H,58,67)(H,59,68)/t27-,30-,31-,32-,33-,34+,35-,40?/m0/s1. The Morgan fingerprint density at radius 2 is 1.49 bits per heavy atom. The highest BCUT2D eigenvalue weighted by Gasteiger charge is 2.42. The molecule has 0 radical (unpaired) electrons. The fourth-order valence-corrected chi connectivity index (χ4v) is 12.4. The fourth-order valence-electron chi connectivity index (χ4n) is 9.02. The van der Waals surface area contributed by atoms with Gasteiger partial charge in [-0.15, -0.1) is 0 Å². The van der Waals surface area contributed by atoms with Crippen molar-refractivity contribution < 1.29 is 57.5 Å². The summed E-state index contributed by atoms with van der Waals surface area (Å²) >= 11 is 0. The summed E-state index contributed by atoms with van der Waals surface area (Å²) in [7, 11) is 4.06. The predicted molar refractivity (Wildman–Crippen MR) is 276 cm³/mol. The summed E-state index contributed by atoms with van der Waals surface area (Å²) in [6, 6.07) is -2.52. The number of amides is 11. The minimum atomic E-state index is -1.73. The second kappa shape index (κ2) is 29.7. The van der Waals surface area contributed by atoms with Gasteiger partial charge in [-0.1, -0.05) is 73.3 Å². The van der Waals surface area contributed by atoms with Gasteiger partial charge in [-0.25, -0.2) is 0 Å². The van der Waals surface area contributed by atoms with E-state index in [1.165, 1.54) is 33.6 Å². The van der Waals surface area contributed by atoms with Crippen molar-refractivity contribution >= 4 is 86.6 Å². The number of hydrogen-bond acceptors (Lipinski definition) is 15. The minimum absolute atomic E-state index is 0.0199. The van der Waals surface area contributed by atoms with Gasteiger partial charge in [0.15, 0.2) is 0 Å². The van der Waals surface area contributed by atoms with Crippen LogP contribution in [0.4, 0.5) is 0 Å². The Hall–Kier alpha value is -6.15. The third-order valence-electron chi connectivity index (χ3n) is 13.3. The molecule has 74 heavy (non-hydrogen) atoms. The number of nitrogens with two attached hydrogens (primary N) is 4. The summed E-state index contributed by atoms with van der Waals surface area (Å²) in [5.74, 6) is -8.88. The molecule has 1 spiro atoms. The van der Waals surface area contributed by atoms with Crippen molar-refractivity contribution in [2.45, 2.75) is 157 Å². The van der Waals surface area contributed by atoms with E-state index in [9.17, 15) is 52.7 Å². The summed E-state index contributed by atoms with van der Waals surface area (Å²) in [6.45, 7) is 3.27. The molecule has 1 aromatic carbocycles. The van der Waals surface area contributed by atoms with E-state index in [1.54, 1.807) is 38.1 Å². The van der Waals surface area contributed by atoms with Crippen molar-refractivity contribution in [2.24, 2.45) is 28.9 Å². The summed E-state index contributed by atoms with van der Waals surface area (Å²) in [5.41, 5.74) is 22.6. The van der Waals surface area contributed by atoms with Crippen LogP contribution < -0.4 is 64.9 Å². The van der Waals surface area contributed by atoms with Crippen molar-refractivity contribution in [3.8, 4) is 5.75 Å². The Morgan fingerprint density at radius 1 is 0.824 bits per heavy atom. The SMILES string of the molecule is CC[C@H](C)C1NC(=O)[C@H](Cc2ccc(OC)cc2)NC(=O)CC2(CCCCC2)SSC[C@H](C(=O)N2CCC[C@H]2C(=O)N[C@@H](CCCN)C(=O)NCC(N)=O)NC(=O)[C@H](CC(N)=O)NC(=O)[C@H](CCC(N)=O)NC1=O. The molecule has 1 aliphatic carbocycles. The highest BCUT2D eigenvalue weighted by Crippen LogP contribution is 2.48. The molecule has 4 rings (SSSR count). The third-order valence-corrected chi connectivity index (χ3v) is 16.6. The molecular weight excluding hydrogens is 1000 g/mol. The number of likely N-dealkylation sites (tertiary alicyclic amines) is 1. The highest BCUT2D eigenvalue weighted by molar-refractivity contribution is 8.77. The number of nitrogens with one attached hydrogen (secondary N) is 7. The summed E-state index contributed by atoms with van der Waals surface area (Å²) in [6.07, 6.45) is 3.39. The van der Waals surface area contributed by atoms with Crippen LogP contribution in [0.1, 0.15) is 109 Å². The maximum absolute atomic E-state index is 14.8. The number of benzene rings is 1. The Labute approximate surface area is 438 Å². The molecule has 0 bridgehead atoms. The largest absolute Gasteiger partial charge is 0.497 e. The van der Waals surface area contributed by atoms with E-state index in [4.69, 9.17) is 27.7 Å². The normalized spacial score (nSPS) is 24.1. The lowest BCUT2D eigenvalue weighted by Crippen LogP contribution is -2.61. The predicted octanol–water partition coefficient (Wildman–Crippen LogP) is -1.85. The van der Waals surface area contributed by atoms with E-state index in [0.29, 0.717) is 43.4 Å². The van der Waals surface area contributed by atoms with Gasteiger partial charge in [0.2, 0.25) is 65.0 Å². The topological polar surface area (TPSA) is 389 Å². The molecule has 26 heteroatoms. The first kappa shape index (κ1) is 60.4. The molecule has 15 N–H and O–H groups in total. The van der Waals surface area contributed by atoms with Crippen LogP contribution >= 0.6 is 21.6 Å². The van der Waals surface area contributed by atoms with Crippen LogP contribution in [0.2, 0.25) is 0 Å². The maximum Gasteiger partial charge on any atom is 0.246 e. The summed E-state index contributed by atoms with van der Waals surface area (Å²) in [5, 5.41) is 18.5. The number of carbonyl (C=O) groups is 11. The lowest BCUT2D eigenvalue weighted by molar-refractivity contribution is -0.142. The van der Waals surface area contributed by atoms with Gasteiger partial charge in [-0.2, -0.15) is 0 Å². The number of carbonyl (C=O) groups excluding carboxylic acids is 11. The first-order valence-corrected chi connectivity index (χ1v) is 27.4. The van der Waals surface area contributed by atoms with E-state index >= 15 is 0 Å². The number of nitrogens with zero attached hydrogens (tertiary/aromatic N) is 1. The van der Waals surface area contributed by atoms with Gasteiger partial charge < -0.3 is 69.8 Å². The molecule has 3 aliphatic rings. The monoisotopic (exact) mass is 1070 g/mol. The zero-order chi connectivity index (χ0) is 54.5. The average molecular weight is 1080 g/mol. The molecule has 1 saturated carbocycles. The molecular formula is C48H74N12O12S2. The smallest absolute Gasteiger partial charge is 0.246 e. The number of hydrogen-bond donors (Lipinski definition) is 11. The van der Waals surface area contributed by atoms with Crippen molar-refractivity contribution in [2.75, 3.05) is 32.5 Å². The molecule has 2 aliphatic heterocycles. The maximum atomic E-state index is 14.8. The van der Waals surface area contributed by atoms with Crippen LogP contribution in [0.3, 0.4) is 0 Å². The van der Waals surface area contributed by atoms with Crippen LogP contribution in [0.15, 0.2) is 24.3 Å². The number of methoxy groups -OCH3 is 1. The molecule has 0 aromatic heterocycles. The van der Waals surface area contributed by atoms with Crippen molar-refractivity contribution in [3.63, 3.8) is 0 Å². The number of rotatable bonds is 19. The van der Waals surface area contributed by atoms with E-state index in [2.05, 4.69) is 37.2 Å². The summed E-state index contributed by atoms with van der Waals surface area (Å²) in [4.78, 5) is 151. The van der Waals surface area contributed by atoms with Gasteiger partial charge >= 0.3 is 0 Å². The molecule has 410 valence electrons. The van der Waals surface area contributed by atoms with Crippen LogP contribution in [0, 0.1) is 5.92 Å². The first-order chi connectivity index (χ1) is 35.2. The van der Waals surface area contributed by atoms with Crippen LogP contribution in [-0.2, 0) is 59.2 Å². The average Bonchev–Trinajstić information content (AvgIpc) is 3.86. The summed E-state index contributed by atoms with van der Waals surface area (Å²) < 4.78 is 4.60. The molecule has 2 heterocycles. The lowest BCUT2D eigenvalue weighted by Gasteiger charge is -2.37. The first-order valence-electron chi connectivity index (χ1n) is 25.1. The highest BCUT2D eigenvalue weighted by atomic mass is 33.1. The number of ether oxygens (including phenoxy) is 1. The number of primary amides is 3. The quantitative estimate of drug-likeness (QED) is 0.0678. The van der Waals surface area contributed by atoms with Gasteiger partial charge in [0.05, 0.1) is 20.1 Å². The van der Waals surface area contributed by atoms with Crippen LogP contribution in [0.5, 0.6) is 5.75 Å². The van der Waals surface area contributed by atoms with E-state index in [1.807, 2.05) is 0 Å². The van der Waals surface area contributed by atoms with E-state index in [0.717, 1.165) is 19.3 Å². The second-order valence-electron chi connectivity index (χ2n) is 19.1. The Bertz CT molecular complexity index is 2180. The van der Waals surface area contributed by atoms with Crippen LogP contribution in [-0.4, -0.2) is 149 Å². The van der Waals surface area contributed by atoms with Gasteiger partial charge in [0, 0.05) is 36.3 Å². The third kappa shape index (κ3) is 18.7. The lowest BCUT2D eigenvalue weighted by atomic mass is 9.85. The van der Waals surface area contributed by atoms with Gasteiger partial charge in [-0.3, -0.25) is 52.7 Å². The molecule has 3 fully saturated rings. The van der Waals surface area contributed by atoms with Gasteiger partial charge in [0.1, 0.15) is 48.0 Å². The molecule has 24 nitrogen and oxygen atoms in total. The Balaban J connectivity index is 1.77. The van der Waals surface area contributed by atoms with Crippen LogP contribution in [0.25, 0.3) is 0 Å². The molecule has 1 aromatic rings.